The zero-order valence-electron chi connectivity index (χ0n) is 20.1. The van der Waals surface area contributed by atoms with Crippen molar-refractivity contribution >= 4 is 33.3 Å². The van der Waals surface area contributed by atoms with Gasteiger partial charge in [-0.1, -0.05) is 29.8 Å². The first-order valence-corrected chi connectivity index (χ1v) is 12.6. The van der Waals surface area contributed by atoms with Crippen LogP contribution in [0.3, 0.4) is 0 Å². The topological polar surface area (TPSA) is 111 Å². The van der Waals surface area contributed by atoms with E-state index in [0.29, 0.717) is 28.4 Å². The van der Waals surface area contributed by atoms with Crippen molar-refractivity contribution < 1.29 is 32.2 Å². The first-order valence-electron chi connectivity index (χ1n) is 11.1. The first kappa shape index (κ1) is 25.1. The van der Waals surface area contributed by atoms with E-state index in [9.17, 15) is 18.0 Å². The van der Waals surface area contributed by atoms with Gasteiger partial charge in [-0.2, -0.15) is 0 Å². The number of hydrogen-bond donors (Lipinski definition) is 1. The van der Waals surface area contributed by atoms with Crippen molar-refractivity contribution in [1.82, 2.24) is 0 Å². The highest BCUT2D eigenvalue weighted by atomic mass is 32.2. The fourth-order valence-corrected chi connectivity index (χ4v) is 4.87. The molecule has 0 fully saturated rings. The summed E-state index contributed by atoms with van der Waals surface area (Å²) in [4.78, 5) is 26.6. The third-order valence-electron chi connectivity index (χ3n) is 5.65. The molecule has 1 N–H and O–H groups in total. The molecule has 1 atom stereocenters. The van der Waals surface area contributed by atoms with Crippen LogP contribution in [0.25, 0.3) is 0 Å². The number of esters is 1. The minimum absolute atomic E-state index is 0.0211. The number of methoxy groups -OCH3 is 1. The molecule has 4 rings (SSSR count). The summed E-state index contributed by atoms with van der Waals surface area (Å²) in [7, 11) is -2.55. The van der Waals surface area contributed by atoms with Crippen molar-refractivity contribution in [1.29, 1.82) is 0 Å². The largest absolute Gasteiger partial charge is 0.483 e. The molecule has 1 aliphatic heterocycles. The predicted octanol–water partition coefficient (Wildman–Crippen LogP) is 3.45. The molecule has 9 nitrogen and oxygen atoms in total. The highest BCUT2D eigenvalue weighted by Crippen LogP contribution is 2.33. The number of nitrogens with zero attached hydrogens (tertiary/aromatic N) is 1. The van der Waals surface area contributed by atoms with E-state index in [1.807, 2.05) is 19.1 Å². The fraction of sp³-hybridized carbons (Fsp3) is 0.231. The van der Waals surface area contributed by atoms with Gasteiger partial charge in [-0.25, -0.2) is 13.2 Å². The van der Waals surface area contributed by atoms with Crippen LogP contribution in [0.4, 0.5) is 11.4 Å². The molecule has 0 saturated carbocycles. The number of carbonyl (C=O) groups is 2. The number of carbonyl (C=O) groups excluding carboxylic acids is 2. The van der Waals surface area contributed by atoms with Crippen molar-refractivity contribution in [2.75, 3.05) is 29.9 Å². The molecule has 188 valence electrons. The molecule has 0 saturated heterocycles. The van der Waals surface area contributed by atoms with Gasteiger partial charge < -0.3 is 19.1 Å². The molecule has 0 unspecified atom stereocenters. The number of aryl methyl sites for hydroxylation is 2. The van der Waals surface area contributed by atoms with Crippen LogP contribution in [0.15, 0.2) is 71.6 Å². The molecule has 1 aliphatic rings. The number of nitrogens with one attached hydrogen (secondary N) is 1. The number of rotatable bonds is 7. The summed E-state index contributed by atoms with van der Waals surface area (Å²) in [6.07, 6.45) is -0.957. The Labute approximate surface area is 209 Å². The summed E-state index contributed by atoms with van der Waals surface area (Å²) in [5, 5.41) is 0. The molecule has 0 aliphatic carbocycles. The van der Waals surface area contributed by atoms with Crippen LogP contribution in [0.2, 0.25) is 0 Å². The van der Waals surface area contributed by atoms with Crippen molar-refractivity contribution in [2.45, 2.75) is 24.8 Å². The third-order valence-corrected chi connectivity index (χ3v) is 7.03. The van der Waals surface area contributed by atoms with Gasteiger partial charge in [0.1, 0.15) is 11.5 Å². The minimum Gasteiger partial charge on any atom is -0.483 e. The lowest BCUT2D eigenvalue weighted by Crippen LogP contribution is -2.48. The second kappa shape index (κ2) is 10.3. The van der Waals surface area contributed by atoms with E-state index >= 15 is 0 Å². The van der Waals surface area contributed by atoms with E-state index < -0.39 is 28.0 Å². The van der Waals surface area contributed by atoms with E-state index in [-0.39, 0.29) is 18.0 Å². The van der Waals surface area contributed by atoms with Crippen LogP contribution < -0.4 is 19.1 Å². The Morgan fingerprint density at radius 2 is 1.78 bits per heavy atom. The van der Waals surface area contributed by atoms with Gasteiger partial charge in [0.25, 0.3) is 15.9 Å². The quantitative estimate of drug-likeness (QED) is 0.485. The van der Waals surface area contributed by atoms with Crippen LogP contribution in [0, 0.1) is 13.8 Å². The maximum atomic E-state index is 13.0. The maximum absolute atomic E-state index is 13.0. The second-order valence-corrected chi connectivity index (χ2v) is 9.97. The number of anilines is 2. The van der Waals surface area contributed by atoms with Gasteiger partial charge in [0.2, 0.25) is 6.10 Å². The Morgan fingerprint density at radius 3 is 2.47 bits per heavy atom. The lowest BCUT2D eigenvalue weighted by molar-refractivity contribution is -0.148. The van der Waals surface area contributed by atoms with Gasteiger partial charge in [0, 0.05) is 5.69 Å². The Hall–Kier alpha value is -4.05. The molecule has 1 amide bonds. The van der Waals surface area contributed by atoms with E-state index in [4.69, 9.17) is 14.2 Å². The normalized spacial score (nSPS) is 14.9. The van der Waals surface area contributed by atoms with Crippen LogP contribution in [-0.4, -0.2) is 46.7 Å². The van der Waals surface area contributed by atoms with Crippen LogP contribution in [-0.2, 0) is 24.3 Å². The van der Waals surface area contributed by atoms with Gasteiger partial charge in [-0.3, -0.25) is 9.52 Å². The molecule has 0 radical (unpaired) electrons. The highest BCUT2D eigenvalue weighted by Gasteiger charge is 2.34. The average Bonchev–Trinajstić information content (AvgIpc) is 2.87. The summed E-state index contributed by atoms with van der Waals surface area (Å²) in [6.45, 7) is 3.27. The monoisotopic (exact) mass is 510 g/mol. The van der Waals surface area contributed by atoms with Gasteiger partial charge >= 0.3 is 5.97 Å². The fourth-order valence-electron chi connectivity index (χ4n) is 3.73. The van der Waals surface area contributed by atoms with Crippen molar-refractivity contribution in [3.05, 3.63) is 77.9 Å². The van der Waals surface area contributed by atoms with Gasteiger partial charge in [0.15, 0.2) is 6.61 Å². The van der Waals surface area contributed by atoms with Crippen molar-refractivity contribution in [3.8, 4) is 11.5 Å². The first-order chi connectivity index (χ1) is 17.2. The smallest absolute Gasteiger partial charge is 0.348 e. The van der Waals surface area contributed by atoms with Gasteiger partial charge in [-0.15, -0.1) is 0 Å². The summed E-state index contributed by atoms with van der Waals surface area (Å²) in [6, 6.07) is 18.3. The lowest BCUT2D eigenvalue weighted by atomic mass is 10.2. The predicted molar refractivity (Wildman–Crippen MR) is 134 cm³/mol. The molecule has 0 aromatic heterocycles. The number of hydrogen-bond acceptors (Lipinski definition) is 7. The molecule has 10 heteroatoms. The summed E-state index contributed by atoms with van der Waals surface area (Å²) in [5.41, 5.74) is 2.54. The average molecular weight is 511 g/mol. The molecule has 3 aromatic rings. The van der Waals surface area contributed by atoms with Gasteiger partial charge in [0.05, 0.1) is 24.2 Å². The highest BCUT2D eigenvalue weighted by molar-refractivity contribution is 7.92. The number of sulfonamides is 1. The molecule has 3 aromatic carbocycles. The summed E-state index contributed by atoms with van der Waals surface area (Å²) >= 11 is 0. The molecule has 36 heavy (non-hydrogen) atoms. The minimum atomic E-state index is -3.80. The molecule has 1 heterocycles. The SMILES string of the molecule is COC(=O)[C@H]1CN(C(=O)COc2ccc(S(=O)(=O)Nc3ccc(C)cc3)cc2C)c2ccccc2O1. The van der Waals surface area contributed by atoms with E-state index in [1.54, 1.807) is 43.3 Å². The van der Waals surface area contributed by atoms with Crippen molar-refractivity contribution in [2.24, 2.45) is 0 Å². The van der Waals surface area contributed by atoms with Crippen LogP contribution in [0.5, 0.6) is 11.5 Å². The van der Waals surface area contributed by atoms with Crippen LogP contribution >= 0.6 is 0 Å². The number of ether oxygens (including phenoxy) is 3. The number of para-hydroxylation sites is 2. The Morgan fingerprint density at radius 1 is 1.06 bits per heavy atom. The molecule has 0 spiro atoms. The van der Waals surface area contributed by atoms with E-state index in [2.05, 4.69) is 4.72 Å². The molecule has 0 bridgehead atoms. The maximum Gasteiger partial charge on any atom is 0.348 e. The summed E-state index contributed by atoms with van der Waals surface area (Å²) in [5.74, 6) is -0.227. The second-order valence-electron chi connectivity index (χ2n) is 8.29. The number of benzene rings is 3. The zero-order valence-corrected chi connectivity index (χ0v) is 20.9. The molecular weight excluding hydrogens is 484 g/mol. The standard InChI is InChI=1S/C26H26N2O7S/c1-17-8-10-19(11-9-17)27-36(31,32)20-12-13-22(18(2)14-20)34-16-25(29)28-15-24(26(30)33-3)35-23-7-5-4-6-21(23)28/h4-14,24,27H,15-16H2,1-3H3/t24-/m1/s1. The molecular formula is C26H26N2O7S. The third kappa shape index (κ3) is 5.44. The summed E-state index contributed by atoms with van der Waals surface area (Å²) < 4.78 is 44.3. The van der Waals surface area contributed by atoms with Crippen LogP contribution in [0.1, 0.15) is 11.1 Å². The van der Waals surface area contributed by atoms with E-state index in [0.717, 1.165) is 5.56 Å². The Balaban J connectivity index is 1.46. The Kier molecular flexibility index (Phi) is 7.16. The Bertz CT molecular complexity index is 1390. The zero-order chi connectivity index (χ0) is 25.9. The van der Waals surface area contributed by atoms with Gasteiger partial charge in [-0.05, 0) is 61.9 Å². The van der Waals surface area contributed by atoms with E-state index in [1.165, 1.54) is 30.2 Å². The lowest BCUT2D eigenvalue weighted by Gasteiger charge is -2.33. The van der Waals surface area contributed by atoms with Crippen molar-refractivity contribution in [3.63, 3.8) is 0 Å². The number of fused-ring (bicyclic) bond motifs is 1. The number of amides is 1.